The van der Waals surface area contributed by atoms with E-state index in [9.17, 15) is 22.0 Å². The van der Waals surface area contributed by atoms with E-state index in [-0.39, 0.29) is 50.3 Å². The molecular weight excluding hydrogens is 574 g/mol. The molecule has 41 heavy (non-hydrogen) atoms. The fourth-order valence-electron chi connectivity index (χ4n) is 4.88. The largest absolute Gasteiger partial charge is 0.338 e. The van der Waals surface area contributed by atoms with Crippen LogP contribution in [-0.2, 0) is 10.0 Å². The smallest absolute Gasteiger partial charge is 0.259 e. The van der Waals surface area contributed by atoms with E-state index in [4.69, 9.17) is 11.6 Å². The number of carbonyl (C=O) groups is 1. The van der Waals surface area contributed by atoms with Gasteiger partial charge in [-0.15, -0.1) is 0 Å². The first-order valence-corrected chi connectivity index (χ1v) is 14.9. The van der Waals surface area contributed by atoms with Gasteiger partial charge in [-0.25, -0.2) is 26.9 Å². The van der Waals surface area contributed by atoms with Crippen LogP contribution >= 0.6 is 11.6 Å². The number of anilines is 2. The maximum atomic E-state index is 14.1. The Morgan fingerprint density at radius 1 is 1.02 bits per heavy atom. The number of benzene rings is 2. The zero-order chi connectivity index (χ0) is 29.5. The van der Waals surface area contributed by atoms with Crippen LogP contribution in [0.5, 0.6) is 0 Å². The molecule has 2 aromatic carbocycles. The van der Waals surface area contributed by atoms with Crippen molar-refractivity contribution in [3.63, 3.8) is 0 Å². The van der Waals surface area contributed by atoms with Crippen LogP contribution in [0.2, 0.25) is 5.02 Å². The van der Waals surface area contributed by atoms with Crippen molar-refractivity contribution >= 4 is 44.7 Å². The Morgan fingerprint density at radius 2 is 1.68 bits per heavy atom. The van der Waals surface area contributed by atoms with Gasteiger partial charge >= 0.3 is 0 Å². The van der Waals surface area contributed by atoms with Crippen LogP contribution in [0.25, 0.3) is 5.65 Å². The number of piperidine rings is 1. The number of nitrogens with zero attached hydrogens (tertiary/aromatic N) is 4. The van der Waals surface area contributed by atoms with Crippen LogP contribution in [0.15, 0.2) is 59.8 Å². The summed E-state index contributed by atoms with van der Waals surface area (Å²) in [6.07, 6.45) is 3.79. The summed E-state index contributed by atoms with van der Waals surface area (Å²) in [5.41, 5.74) is 0.492. The molecule has 0 aliphatic carbocycles. The molecule has 1 saturated heterocycles. The number of likely N-dealkylation sites (tertiary alicyclic amines) is 1. The highest BCUT2D eigenvalue weighted by molar-refractivity contribution is 7.89. The van der Waals surface area contributed by atoms with Crippen LogP contribution in [-0.4, -0.2) is 52.5 Å². The van der Waals surface area contributed by atoms with Crippen molar-refractivity contribution in [2.24, 2.45) is 0 Å². The summed E-state index contributed by atoms with van der Waals surface area (Å²) in [6.45, 7) is 6.00. The second-order valence-corrected chi connectivity index (χ2v) is 13.0. The van der Waals surface area contributed by atoms with Gasteiger partial charge in [0.2, 0.25) is 10.0 Å². The average molecular weight is 603 g/mol. The quantitative estimate of drug-likeness (QED) is 0.302. The lowest BCUT2D eigenvalue weighted by Gasteiger charge is -2.32. The molecule has 9 nitrogen and oxygen atoms in total. The van der Waals surface area contributed by atoms with Gasteiger partial charge < -0.3 is 10.2 Å². The lowest BCUT2D eigenvalue weighted by Crippen LogP contribution is -2.40. The van der Waals surface area contributed by atoms with E-state index in [1.807, 2.05) is 0 Å². The lowest BCUT2D eigenvalue weighted by molar-refractivity contribution is 0.0713. The Kier molecular flexibility index (Phi) is 7.75. The van der Waals surface area contributed by atoms with E-state index in [2.05, 4.69) is 20.1 Å². The summed E-state index contributed by atoms with van der Waals surface area (Å²) in [5.74, 6) is -0.953. The fraction of sp³-hybridized carbons (Fsp3) is 0.321. The number of aromatic nitrogens is 3. The highest BCUT2D eigenvalue weighted by atomic mass is 35.5. The van der Waals surface area contributed by atoms with Gasteiger partial charge in [0.05, 0.1) is 16.9 Å². The van der Waals surface area contributed by atoms with Crippen molar-refractivity contribution in [1.82, 2.24) is 24.2 Å². The third-order valence-corrected chi connectivity index (χ3v) is 8.84. The Balaban J connectivity index is 1.52. The van der Waals surface area contributed by atoms with E-state index >= 15 is 0 Å². The predicted octanol–water partition coefficient (Wildman–Crippen LogP) is 5.50. The molecule has 1 aliphatic heterocycles. The van der Waals surface area contributed by atoms with E-state index < -0.39 is 21.4 Å². The number of sulfonamides is 1. The number of hydrogen-bond donors (Lipinski definition) is 2. The summed E-state index contributed by atoms with van der Waals surface area (Å²) in [4.78, 5) is 19.6. The summed E-state index contributed by atoms with van der Waals surface area (Å²) in [7, 11) is -4.02. The molecule has 1 amide bonds. The number of nitrogens with one attached hydrogen (secondary N) is 2. The number of hydrogen-bond acceptors (Lipinski definition) is 6. The van der Waals surface area contributed by atoms with Gasteiger partial charge in [0.25, 0.3) is 5.91 Å². The Labute approximate surface area is 241 Å². The summed E-state index contributed by atoms with van der Waals surface area (Å²) in [5, 5.41) is 7.42. The highest BCUT2D eigenvalue weighted by Gasteiger charge is 2.31. The van der Waals surface area contributed by atoms with Crippen molar-refractivity contribution in [2.75, 3.05) is 18.4 Å². The van der Waals surface area contributed by atoms with Gasteiger partial charge in [-0.2, -0.15) is 9.61 Å². The van der Waals surface area contributed by atoms with Crippen LogP contribution in [0.3, 0.4) is 0 Å². The summed E-state index contributed by atoms with van der Waals surface area (Å²) >= 11 is 6.31. The number of fused-ring (bicyclic) bond motifs is 1. The molecule has 0 unspecified atom stereocenters. The van der Waals surface area contributed by atoms with Crippen molar-refractivity contribution in [3.05, 3.63) is 82.6 Å². The Bertz CT molecular complexity index is 1710. The second kappa shape index (κ2) is 11.0. The van der Waals surface area contributed by atoms with E-state index in [0.29, 0.717) is 25.9 Å². The molecule has 216 valence electrons. The predicted molar refractivity (Wildman–Crippen MR) is 152 cm³/mol. The molecule has 1 aliphatic rings. The number of amides is 1. The van der Waals surface area contributed by atoms with Gasteiger partial charge in [0, 0.05) is 24.8 Å². The third kappa shape index (κ3) is 6.19. The standard InChI is InChI=1S/C28H29ClF2N6O3S/c1-28(2,3)35-41(39,40)24-16-33-37-25(34-23-14-20(31)8-9-22(23)29)21(15-32-26(24)37)27(38)36-12-10-18(11-13-36)17-4-6-19(30)7-5-17/h4-9,14-16,18,34-35H,10-13H2,1-3H3. The maximum Gasteiger partial charge on any atom is 0.259 e. The first-order chi connectivity index (χ1) is 19.3. The minimum Gasteiger partial charge on any atom is -0.338 e. The van der Waals surface area contributed by atoms with Crippen molar-refractivity contribution in [1.29, 1.82) is 0 Å². The average Bonchev–Trinajstić information content (AvgIpc) is 3.36. The van der Waals surface area contributed by atoms with Crippen LogP contribution in [0.4, 0.5) is 20.3 Å². The molecule has 3 heterocycles. The molecule has 2 aromatic heterocycles. The minimum absolute atomic E-state index is 0.0247. The number of rotatable bonds is 6. The van der Waals surface area contributed by atoms with E-state index in [1.54, 1.807) is 37.8 Å². The molecule has 5 rings (SSSR count). The summed E-state index contributed by atoms with van der Waals surface area (Å²) < 4.78 is 57.5. The second-order valence-electron chi connectivity index (χ2n) is 11.0. The molecule has 2 N–H and O–H groups in total. The molecule has 1 fully saturated rings. The SMILES string of the molecule is CC(C)(C)NS(=O)(=O)c1cnn2c(Nc3cc(F)ccc3Cl)c(C(=O)N3CCC(c4ccc(F)cc4)CC3)cnc12. The Morgan fingerprint density at radius 3 is 2.34 bits per heavy atom. The van der Waals surface area contributed by atoms with Crippen LogP contribution < -0.4 is 10.0 Å². The molecule has 0 saturated carbocycles. The normalized spacial score (nSPS) is 14.9. The van der Waals surface area contributed by atoms with Gasteiger partial charge in [-0.3, -0.25) is 4.79 Å². The third-order valence-electron chi connectivity index (χ3n) is 6.76. The molecular formula is C28H29ClF2N6O3S. The van der Waals surface area contributed by atoms with E-state index in [1.165, 1.54) is 41.0 Å². The van der Waals surface area contributed by atoms with Gasteiger partial charge in [-0.1, -0.05) is 23.7 Å². The maximum absolute atomic E-state index is 14.1. The number of halogens is 3. The molecule has 0 spiro atoms. The molecule has 13 heteroatoms. The molecule has 4 aromatic rings. The minimum atomic E-state index is -4.02. The van der Waals surface area contributed by atoms with Crippen molar-refractivity contribution < 1.29 is 22.0 Å². The number of carbonyl (C=O) groups excluding carboxylic acids is 1. The van der Waals surface area contributed by atoms with Gasteiger partial charge in [0.1, 0.15) is 27.9 Å². The highest BCUT2D eigenvalue weighted by Crippen LogP contribution is 2.33. The topological polar surface area (TPSA) is 109 Å². The van der Waals surface area contributed by atoms with Crippen molar-refractivity contribution in [2.45, 2.75) is 50.0 Å². The molecule has 0 atom stereocenters. The van der Waals surface area contributed by atoms with Crippen LogP contribution in [0.1, 0.15) is 55.5 Å². The monoisotopic (exact) mass is 602 g/mol. The molecule has 0 bridgehead atoms. The van der Waals surface area contributed by atoms with E-state index in [0.717, 1.165) is 11.8 Å². The van der Waals surface area contributed by atoms with Crippen LogP contribution in [0, 0.1) is 11.6 Å². The lowest BCUT2D eigenvalue weighted by atomic mass is 9.89. The van der Waals surface area contributed by atoms with Gasteiger partial charge in [-0.05, 0) is 75.4 Å². The molecule has 0 radical (unpaired) electrons. The first-order valence-electron chi connectivity index (χ1n) is 13.0. The zero-order valence-corrected chi connectivity index (χ0v) is 24.2. The van der Waals surface area contributed by atoms with Gasteiger partial charge in [0.15, 0.2) is 5.65 Å². The summed E-state index contributed by atoms with van der Waals surface area (Å²) in [6, 6.07) is 10.1. The Hall–Kier alpha value is -3.61. The first kappa shape index (κ1) is 28.9. The zero-order valence-electron chi connectivity index (χ0n) is 22.7. The fourth-order valence-corrected chi connectivity index (χ4v) is 6.52. The van der Waals surface area contributed by atoms with Crippen molar-refractivity contribution in [3.8, 4) is 0 Å².